The van der Waals surface area contributed by atoms with E-state index in [0.29, 0.717) is 0 Å². The molecule has 4 nitrogen and oxygen atoms in total. The van der Waals surface area contributed by atoms with E-state index in [2.05, 4.69) is 5.32 Å². The molecule has 0 aliphatic heterocycles. The number of halogens is 2. The molecule has 0 heterocycles. The van der Waals surface area contributed by atoms with Crippen LogP contribution in [0, 0.1) is 11.6 Å². The van der Waals surface area contributed by atoms with Crippen molar-refractivity contribution in [2.45, 2.75) is 26.4 Å². The van der Waals surface area contributed by atoms with E-state index in [1.807, 2.05) is 0 Å². The Hall–Kier alpha value is -1.98. The predicted octanol–water partition coefficient (Wildman–Crippen LogP) is 3.12. The minimum Gasteiger partial charge on any atom is -0.444 e. The van der Waals surface area contributed by atoms with Crippen molar-refractivity contribution < 1.29 is 23.1 Å². The van der Waals surface area contributed by atoms with Gasteiger partial charge in [-0.2, -0.15) is 0 Å². The lowest BCUT2D eigenvalue weighted by molar-refractivity contribution is 0.0635. The maximum absolute atomic E-state index is 13.6. The van der Waals surface area contributed by atoms with Gasteiger partial charge in [0.05, 0.1) is 11.3 Å². The van der Waals surface area contributed by atoms with Gasteiger partial charge in [-0.3, -0.25) is 10.1 Å². The first-order valence-electron chi connectivity index (χ1n) is 5.18. The van der Waals surface area contributed by atoms with Crippen LogP contribution in [-0.2, 0) is 4.74 Å². The Morgan fingerprint density at radius 3 is 2.44 bits per heavy atom. The molecule has 18 heavy (non-hydrogen) atoms. The highest BCUT2D eigenvalue weighted by atomic mass is 19.1. The highest BCUT2D eigenvalue weighted by Crippen LogP contribution is 2.20. The summed E-state index contributed by atoms with van der Waals surface area (Å²) in [7, 11) is 0. The molecule has 1 amide bonds. The smallest absolute Gasteiger partial charge is 0.412 e. The molecule has 0 spiro atoms. The van der Waals surface area contributed by atoms with Gasteiger partial charge in [0, 0.05) is 0 Å². The molecule has 0 radical (unpaired) electrons. The number of anilines is 1. The zero-order chi connectivity index (χ0) is 13.9. The second-order valence-electron chi connectivity index (χ2n) is 4.57. The van der Waals surface area contributed by atoms with Crippen LogP contribution in [0.25, 0.3) is 0 Å². The first-order chi connectivity index (χ1) is 8.24. The number of carbonyl (C=O) groups excluding carboxylic acids is 2. The Kier molecular flexibility index (Phi) is 4.00. The summed E-state index contributed by atoms with van der Waals surface area (Å²) in [6, 6.07) is 1.90. The first-order valence-corrected chi connectivity index (χ1v) is 5.18. The summed E-state index contributed by atoms with van der Waals surface area (Å²) < 4.78 is 31.5. The summed E-state index contributed by atoms with van der Waals surface area (Å²) in [5, 5.41) is 2.11. The quantitative estimate of drug-likeness (QED) is 0.828. The Labute approximate surface area is 103 Å². The third-order valence-electron chi connectivity index (χ3n) is 1.88. The molecule has 0 bridgehead atoms. The van der Waals surface area contributed by atoms with Crippen molar-refractivity contribution in [3.8, 4) is 0 Å². The lowest BCUT2D eigenvalue weighted by Crippen LogP contribution is -2.27. The summed E-state index contributed by atoms with van der Waals surface area (Å²) in [4.78, 5) is 21.9. The van der Waals surface area contributed by atoms with Gasteiger partial charge in [0.25, 0.3) is 0 Å². The fraction of sp³-hybridized carbons (Fsp3) is 0.333. The number of carbonyl (C=O) groups is 2. The largest absolute Gasteiger partial charge is 0.444 e. The molecule has 0 saturated carbocycles. The van der Waals surface area contributed by atoms with Crippen LogP contribution < -0.4 is 5.32 Å². The third kappa shape index (κ3) is 3.51. The number of rotatable bonds is 2. The zero-order valence-corrected chi connectivity index (χ0v) is 10.2. The molecule has 0 aliphatic carbocycles. The Morgan fingerprint density at radius 1 is 1.33 bits per heavy atom. The predicted molar refractivity (Wildman–Crippen MR) is 61.6 cm³/mol. The van der Waals surface area contributed by atoms with Gasteiger partial charge in [-0.15, -0.1) is 0 Å². The topological polar surface area (TPSA) is 55.4 Å². The van der Waals surface area contributed by atoms with E-state index < -0.39 is 28.9 Å². The van der Waals surface area contributed by atoms with Crippen LogP contribution in [0.4, 0.5) is 19.3 Å². The van der Waals surface area contributed by atoms with E-state index in [-0.39, 0.29) is 12.0 Å². The number of aldehydes is 1. The SMILES string of the molecule is CC(C)(C)OC(=O)Nc1ccc(F)c(C=O)c1F. The van der Waals surface area contributed by atoms with Gasteiger partial charge in [0.1, 0.15) is 11.4 Å². The molecule has 0 atom stereocenters. The second kappa shape index (κ2) is 5.12. The minimum absolute atomic E-state index is 0.0466. The van der Waals surface area contributed by atoms with Gasteiger partial charge in [-0.25, -0.2) is 13.6 Å². The van der Waals surface area contributed by atoms with Crippen LogP contribution >= 0.6 is 0 Å². The molecular weight excluding hydrogens is 244 g/mol. The van der Waals surface area contributed by atoms with E-state index >= 15 is 0 Å². The van der Waals surface area contributed by atoms with Crippen LogP contribution in [0.5, 0.6) is 0 Å². The fourth-order valence-corrected chi connectivity index (χ4v) is 1.19. The van der Waals surface area contributed by atoms with E-state index in [1.54, 1.807) is 20.8 Å². The van der Waals surface area contributed by atoms with Crippen molar-refractivity contribution in [2.75, 3.05) is 5.32 Å². The standard InChI is InChI=1S/C12H13F2NO3/c1-12(2,3)18-11(17)15-9-5-4-8(13)7(6-16)10(9)14/h4-6H,1-3H3,(H,15,17). The van der Waals surface area contributed by atoms with Gasteiger partial charge < -0.3 is 4.74 Å². The molecule has 1 rings (SSSR count). The van der Waals surface area contributed by atoms with E-state index in [0.717, 1.165) is 12.1 Å². The van der Waals surface area contributed by atoms with Crippen LogP contribution in [0.2, 0.25) is 0 Å². The molecule has 98 valence electrons. The lowest BCUT2D eigenvalue weighted by Gasteiger charge is -2.19. The van der Waals surface area contributed by atoms with Crippen LogP contribution in [0.1, 0.15) is 31.1 Å². The molecule has 6 heteroatoms. The van der Waals surface area contributed by atoms with Crippen molar-refractivity contribution in [3.05, 3.63) is 29.3 Å². The second-order valence-corrected chi connectivity index (χ2v) is 4.57. The lowest BCUT2D eigenvalue weighted by atomic mass is 10.2. The number of benzene rings is 1. The molecule has 0 aliphatic rings. The fourth-order valence-electron chi connectivity index (χ4n) is 1.19. The Morgan fingerprint density at radius 2 is 1.94 bits per heavy atom. The molecule has 1 aromatic rings. The molecule has 1 N–H and O–H groups in total. The Bertz CT molecular complexity index is 481. The van der Waals surface area contributed by atoms with Crippen LogP contribution in [0.15, 0.2) is 12.1 Å². The summed E-state index contributed by atoms with van der Waals surface area (Å²) in [6.07, 6.45) is -0.838. The minimum atomic E-state index is -1.13. The van der Waals surface area contributed by atoms with E-state index in [1.165, 1.54) is 0 Å². The summed E-state index contributed by atoms with van der Waals surface area (Å²) in [5.41, 5.74) is -1.79. The van der Waals surface area contributed by atoms with Gasteiger partial charge >= 0.3 is 6.09 Å². The van der Waals surface area contributed by atoms with Gasteiger partial charge in [-0.05, 0) is 32.9 Å². The number of hydrogen-bond acceptors (Lipinski definition) is 3. The number of amides is 1. The molecule has 1 aromatic carbocycles. The summed E-state index contributed by atoms with van der Waals surface area (Å²) in [6.45, 7) is 4.93. The number of hydrogen-bond donors (Lipinski definition) is 1. The van der Waals surface area contributed by atoms with E-state index in [9.17, 15) is 18.4 Å². The summed E-state index contributed by atoms with van der Waals surface area (Å²) >= 11 is 0. The summed E-state index contributed by atoms with van der Waals surface area (Å²) in [5.74, 6) is -2.12. The first kappa shape index (κ1) is 14.1. The van der Waals surface area contributed by atoms with Crippen LogP contribution in [-0.4, -0.2) is 18.0 Å². The van der Waals surface area contributed by atoms with Gasteiger partial charge in [-0.1, -0.05) is 0 Å². The average molecular weight is 257 g/mol. The van der Waals surface area contributed by atoms with Crippen molar-refractivity contribution in [2.24, 2.45) is 0 Å². The van der Waals surface area contributed by atoms with Crippen LogP contribution in [0.3, 0.4) is 0 Å². The van der Waals surface area contributed by atoms with Crippen molar-refractivity contribution >= 4 is 18.1 Å². The highest BCUT2D eigenvalue weighted by Gasteiger charge is 2.19. The van der Waals surface area contributed by atoms with E-state index in [4.69, 9.17) is 4.74 Å². The van der Waals surface area contributed by atoms with Crippen molar-refractivity contribution in [1.82, 2.24) is 0 Å². The maximum atomic E-state index is 13.6. The molecule has 0 fully saturated rings. The molecule has 0 aromatic heterocycles. The van der Waals surface area contributed by atoms with Gasteiger partial charge in [0.15, 0.2) is 12.1 Å². The maximum Gasteiger partial charge on any atom is 0.412 e. The normalized spacial score (nSPS) is 10.9. The Balaban J connectivity index is 2.93. The monoisotopic (exact) mass is 257 g/mol. The number of nitrogens with one attached hydrogen (secondary N) is 1. The van der Waals surface area contributed by atoms with Gasteiger partial charge in [0.2, 0.25) is 0 Å². The number of ether oxygens (including phenoxy) is 1. The average Bonchev–Trinajstić information content (AvgIpc) is 2.20. The molecule has 0 unspecified atom stereocenters. The zero-order valence-electron chi connectivity index (χ0n) is 10.2. The van der Waals surface area contributed by atoms with Crippen molar-refractivity contribution in [1.29, 1.82) is 0 Å². The molecular formula is C12H13F2NO3. The molecule has 0 saturated heterocycles. The third-order valence-corrected chi connectivity index (χ3v) is 1.88. The highest BCUT2D eigenvalue weighted by molar-refractivity contribution is 5.87. The van der Waals surface area contributed by atoms with Crippen molar-refractivity contribution in [3.63, 3.8) is 0 Å².